The first-order valence-electron chi connectivity index (χ1n) is 8.52. The van der Waals surface area contributed by atoms with Gasteiger partial charge in [-0.2, -0.15) is 0 Å². The van der Waals surface area contributed by atoms with Gasteiger partial charge in [-0.3, -0.25) is 14.5 Å². The molecule has 0 bridgehead atoms. The van der Waals surface area contributed by atoms with Crippen LogP contribution in [-0.2, 0) is 9.59 Å². The zero-order chi connectivity index (χ0) is 20.3. The molecule has 0 aromatic heterocycles. The maximum Gasteiger partial charge on any atom is 0.317 e. The molecule has 0 saturated heterocycles. The molecule has 28 heavy (non-hydrogen) atoms. The first-order chi connectivity index (χ1) is 13.4. The van der Waals surface area contributed by atoms with Gasteiger partial charge in [0.2, 0.25) is 0 Å². The van der Waals surface area contributed by atoms with Gasteiger partial charge < -0.3 is 15.3 Å². The van der Waals surface area contributed by atoms with Gasteiger partial charge in [-0.25, -0.2) is 4.99 Å². The number of anilines is 1. The fourth-order valence-electron chi connectivity index (χ4n) is 2.62. The van der Waals surface area contributed by atoms with Crippen molar-refractivity contribution in [1.29, 1.82) is 0 Å². The van der Waals surface area contributed by atoms with E-state index in [0.717, 1.165) is 17.8 Å². The standard InChI is InChI=1S/C20H18N2O5S/c1-2-17(19(26)27)28-20-21-15(10-12-8-9-14(23)11-16(12)24)18(25)22(20)13-6-4-3-5-7-13/h3-11,17,23-24H,2H2,1H3,(H,26,27)/b15-10-. The number of phenols is 2. The van der Waals surface area contributed by atoms with Gasteiger partial charge in [-0.05, 0) is 36.8 Å². The third kappa shape index (κ3) is 4.01. The Morgan fingerprint density at radius 2 is 1.93 bits per heavy atom. The highest BCUT2D eigenvalue weighted by molar-refractivity contribution is 8.15. The Balaban J connectivity index is 2.03. The molecule has 1 aliphatic rings. The molecule has 144 valence electrons. The molecule has 0 saturated carbocycles. The summed E-state index contributed by atoms with van der Waals surface area (Å²) < 4.78 is 0. The third-order valence-electron chi connectivity index (χ3n) is 4.04. The molecule has 2 aromatic rings. The second-order valence-corrected chi connectivity index (χ2v) is 7.17. The summed E-state index contributed by atoms with van der Waals surface area (Å²) in [6.45, 7) is 1.75. The highest BCUT2D eigenvalue weighted by atomic mass is 32.2. The Kier molecular flexibility index (Phi) is 5.70. The number of aliphatic carboxylic acids is 1. The van der Waals surface area contributed by atoms with E-state index in [1.807, 2.05) is 6.07 Å². The second-order valence-electron chi connectivity index (χ2n) is 6.00. The van der Waals surface area contributed by atoms with E-state index in [9.17, 15) is 24.9 Å². The van der Waals surface area contributed by atoms with Crippen LogP contribution in [0.15, 0.2) is 59.2 Å². The predicted octanol–water partition coefficient (Wildman–Crippen LogP) is 3.44. The zero-order valence-electron chi connectivity index (χ0n) is 14.9. The molecular formula is C20H18N2O5S. The quantitative estimate of drug-likeness (QED) is 0.666. The van der Waals surface area contributed by atoms with Crippen molar-refractivity contribution in [2.75, 3.05) is 4.90 Å². The molecule has 1 amide bonds. The van der Waals surface area contributed by atoms with Gasteiger partial charge in [0.15, 0.2) is 5.17 Å². The summed E-state index contributed by atoms with van der Waals surface area (Å²) in [5.74, 6) is -1.71. The van der Waals surface area contributed by atoms with Crippen LogP contribution >= 0.6 is 11.8 Å². The van der Waals surface area contributed by atoms with Crippen LogP contribution in [0.1, 0.15) is 18.9 Å². The number of phenolic OH excluding ortho intramolecular Hbond substituents is 2. The fourth-order valence-corrected chi connectivity index (χ4v) is 3.58. The molecule has 1 atom stereocenters. The van der Waals surface area contributed by atoms with Gasteiger partial charge >= 0.3 is 5.97 Å². The number of benzene rings is 2. The molecule has 1 heterocycles. The maximum absolute atomic E-state index is 13.0. The molecule has 0 radical (unpaired) electrons. The highest BCUT2D eigenvalue weighted by Gasteiger charge is 2.34. The van der Waals surface area contributed by atoms with Crippen molar-refractivity contribution in [2.45, 2.75) is 18.6 Å². The SMILES string of the molecule is CCC(SC1=N/C(=C\c2ccc(O)cc2O)C(=O)N1c1ccccc1)C(=O)O. The van der Waals surface area contributed by atoms with Crippen LogP contribution in [0.5, 0.6) is 11.5 Å². The van der Waals surface area contributed by atoms with E-state index in [1.54, 1.807) is 31.2 Å². The summed E-state index contributed by atoms with van der Waals surface area (Å²) in [6.07, 6.45) is 1.77. The van der Waals surface area contributed by atoms with Crippen LogP contribution < -0.4 is 4.90 Å². The molecule has 0 fully saturated rings. The number of rotatable bonds is 5. The van der Waals surface area contributed by atoms with Crippen molar-refractivity contribution in [3.63, 3.8) is 0 Å². The fraction of sp³-hybridized carbons (Fsp3) is 0.150. The summed E-state index contributed by atoms with van der Waals surface area (Å²) in [6, 6.07) is 12.8. The van der Waals surface area contributed by atoms with Gasteiger partial charge in [0.1, 0.15) is 22.4 Å². The van der Waals surface area contributed by atoms with Crippen LogP contribution in [0.3, 0.4) is 0 Å². The van der Waals surface area contributed by atoms with Crippen LogP contribution in [0.25, 0.3) is 6.08 Å². The molecule has 1 aliphatic heterocycles. The van der Waals surface area contributed by atoms with E-state index in [1.165, 1.54) is 23.1 Å². The smallest absolute Gasteiger partial charge is 0.317 e. The average Bonchev–Trinajstić information content (AvgIpc) is 2.97. The number of amides is 1. The van der Waals surface area contributed by atoms with E-state index in [4.69, 9.17) is 0 Å². The summed E-state index contributed by atoms with van der Waals surface area (Å²) in [7, 11) is 0. The number of hydrogen-bond donors (Lipinski definition) is 3. The molecule has 8 heteroatoms. The number of thioether (sulfide) groups is 1. The van der Waals surface area contributed by atoms with Crippen molar-refractivity contribution >= 4 is 40.6 Å². The Bertz CT molecular complexity index is 972. The van der Waals surface area contributed by atoms with E-state index >= 15 is 0 Å². The lowest BCUT2D eigenvalue weighted by molar-refractivity contribution is -0.136. The van der Waals surface area contributed by atoms with Crippen molar-refractivity contribution < 1.29 is 24.9 Å². The number of carbonyl (C=O) groups is 2. The van der Waals surface area contributed by atoms with Crippen molar-refractivity contribution in [2.24, 2.45) is 4.99 Å². The Morgan fingerprint density at radius 1 is 1.21 bits per heavy atom. The average molecular weight is 398 g/mol. The van der Waals surface area contributed by atoms with Gasteiger partial charge in [0.05, 0.1) is 5.69 Å². The molecule has 7 nitrogen and oxygen atoms in total. The molecule has 1 unspecified atom stereocenters. The van der Waals surface area contributed by atoms with Gasteiger partial charge in [-0.15, -0.1) is 0 Å². The molecule has 3 N–H and O–H groups in total. The topological polar surface area (TPSA) is 110 Å². The van der Waals surface area contributed by atoms with Gasteiger partial charge in [0, 0.05) is 11.6 Å². The largest absolute Gasteiger partial charge is 0.508 e. The summed E-state index contributed by atoms with van der Waals surface area (Å²) in [4.78, 5) is 30.1. The molecule has 0 aliphatic carbocycles. The number of carboxylic acids is 1. The summed E-state index contributed by atoms with van der Waals surface area (Å²) >= 11 is 1.00. The number of amidine groups is 1. The lowest BCUT2D eigenvalue weighted by Gasteiger charge is -2.19. The van der Waals surface area contributed by atoms with Crippen LogP contribution in [0, 0.1) is 0 Å². The van der Waals surface area contributed by atoms with Gasteiger partial charge in [-0.1, -0.05) is 36.9 Å². The Morgan fingerprint density at radius 3 is 2.54 bits per heavy atom. The minimum absolute atomic E-state index is 0.0626. The minimum Gasteiger partial charge on any atom is -0.508 e. The number of carboxylic acid groups (broad SMARTS) is 1. The second kappa shape index (κ2) is 8.18. The van der Waals surface area contributed by atoms with Crippen molar-refractivity contribution in [3.05, 3.63) is 59.8 Å². The summed E-state index contributed by atoms with van der Waals surface area (Å²) in [5.41, 5.74) is 0.944. The van der Waals surface area contributed by atoms with Crippen LogP contribution in [0.4, 0.5) is 5.69 Å². The van der Waals surface area contributed by atoms with E-state index in [2.05, 4.69) is 4.99 Å². The van der Waals surface area contributed by atoms with Gasteiger partial charge in [0.25, 0.3) is 5.91 Å². The number of nitrogens with zero attached hydrogens (tertiary/aromatic N) is 2. The lowest BCUT2D eigenvalue weighted by atomic mass is 10.1. The number of carbonyl (C=O) groups excluding carboxylic acids is 1. The number of aromatic hydroxyl groups is 2. The van der Waals surface area contributed by atoms with E-state index in [-0.39, 0.29) is 22.4 Å². The first kappa shape index (κ1) is 19.5. The minimum atomic E-state index is -0.982. The molecule has 2 aromatic carbocycles. The molecule has 0 spiro atoms. The van der Waals surface area contributed by atoms with Crippen LogP contribution in [0.2, 0.25) is 0 Å². The van der Waals surface area contributed by atoms with Crippen molar-refractivity contribution in [1.82, 2.24) is 0 Å². The maximum atomic E-state index is 13.0. The highest BCUT2D eigenvalue weighted by Crippen LogP contribution is 2.33. The number of aliphatic imine (C=N–C) groups is 1. The molecule has 3 rings (SSSR count). The summed E-state index contributed by atoms with van der Waals surface area (Å²) in [5, 5.41) is 28.3. The van der Waals surface area contributed by atoms with E-state index < -0.39 is 17.1 Å². The Labute approximate surface area is 165 Å². The first-order valence-corrected chi connectivity index (χ1v) is 9.40. The number of para-hydroxylation sites is 1. The Hall–Kier alpha value is -3.26. The lowest BCUT2D eigenvalue weighted by Crippen LogP contribution is -2.32. The van der Waals surface area contributed by atoms with E-state index in [0.29, 0.717) is 17.7 Å². The monoisotopic (exact) mass is 398 g/mol. The normalized spacial score (nSPS) is 16.3. The third-order valence-corrected chi connectivity index (χ3v) is 5.35. The molecular weight excluding hydrogens is 380 g/mol. The number of hydrogen-bond acceptors (Lipinski definition) is 6. The van der Waals surface area contributed by atoms with Crippen molar-refractivity contribution in [3.8, 4) is 11.5 Å². The predicted molar refractivity (Wildman–Crippen MR) is 108 cm³/mol. The van der Waals surface area contributed by atoms with Crippen LogP contribution in [-0.4, -0.2) is 37.6 Å². The zero-order valence-corrected chi connectivity index (χ0v) is 15.8.